The van der Waals surface area contributed by atoms with E-state index in [1.807, 2.05) is 7.05 Å². The van der Waals surface area contributed by atoms with Crippen molar-refractivity contribution in [1.82, 2.24) is 10.6 Å². The summed E-state index contributed by atoms with van der Waals surface area (Å²) in [4.78, 5) is 0. The first kappa shape index (κ1) is 9.69. The van der Waals surface area contributed by atoms with Crippen molar-refractivity contribution in [2.45, 2.75) is 24.9 Å². The van der Waals surface area contributed by atoms with Gasteiger partial charge < -0.3 is 10.6 Å². The lowest BCUT2D eigenvalue weighted by Crippen LogP contribution is -2.27. The highest BCUT2D eigenvalue weighted by Crippen LogP contribution is 2.12. The number of nitrogens with one attached hydrogen (secondary N) is 2. The van der Waals surface area contributed by atoms with Crippen LogP contribution in [0.15, 0.2) is 30.3 Å². The summed E-state index contributed by atoms with van der Waals surface area (Å²) < 4.78 is 0. The summed E-state index contributed by atoms with van der Waals surface area (Å²) in [6.07, 6.45) is 2.39. The fourth-order valence-electron chi connectivity index (χ4n) is 2.09. The quantitative estimate of drug-likeness (QED) is 0.748. The van der Waals surface area contributed by atoms with Crippen molar-refractivity contribution < 1.29 is 0 Å². The molecular formula is C12H18N2. The molecule has 1 aliphatic rings. The second kappa shape index (κ2) is 4.58. The zero-order valence-corrected chi connectivity index (χ0v) is 8.66. The summed E-state index contributed by atoms with van der Waals surface area (Å²) in [5.74, 6) is 0. The molecule has 2 heteroatoms. The van der Waals surface area contributed by atoms with Crippen LogP contribution in [-0.2, 0) is 6.42 Å². The van der Waals surface area contributed by atoms with Crippen LogP contribution in [0.5, 0.6) is 0 Å². The highest BCUT2D eigenvalue weighted by Gasteiger charge is 2.22. The zero-order chi connectivity index (χ0) is 9.80. The normalized spacial score (nSPS) is 26.6. The molecular weight excluding hydrogens is 172 g/mol. The van der Waals surface area contributed by atoms with Crippen LogP contribution in [0.4, 0.5) is 0 Å². The molecule has 1 fully saturated rings. The Labute approximate surface area is 85.7 Å². The number of benzene rings is 1. The van der Waals surface area contributed by atoms with Crippen LogP contribution in [0.3, 0.4) is 0 Å². The molecule has 2 atom stereocenters. The van der Waals surface area contributed by atoms with E-state index in [1.165, 1.54) is 12.0 Å². The minimum atomic E-state index is 0.648. The SMILES string of the molecule is CNC1CNC(Cc2ccccc2)C1. The summed E-state index contributed by atoms with van der Waals surface area (Å²) in [6, 6.07) is 12.0. The summed E-state index contributed by atoms with van der Waals surface area (Å²) >= 11 is 0. The Kier molecular flexibility index (Phi) is 3.17. The molecule has 0 saturated carbocycles. The van der Waals surface area contributed by atoms with E-state index < -0.39 is 0 Å². The van der Waals surface area contributed by atoms with Gasteiger partial charge in [-0.2, -0.15) is 0 Å². The van der Waals surface area contributed by atoms with Crippen LogP contribution in [0.1, 0.15) is 12.0 Å². The highest BCUT2D eigenvalue weighted by molar-refractivity contribution is 5.16. The first-order chi connectivity index (χ1) is 6.88. The molecule has 0 aliphatic carbocycles. The molecule has 2 N–H and O–H groups in total. The van der Waals surface area contributed by atoms with Crippen molar-refractivity contribution in [3.8, 4) is 0 Å². The predicted octanol–water partition coefficient (Wildman–Crippen LogP) is 1.18. The lowest BCUT2D eigenvalue weighted by Gasteiger charge is -2.10. The molecule has 1 aromatic carbocycles. The van der Waals surface area contributed by atoms with E-state index in [0.29, 0.717) is 12.1 Å². The van der Waals surface area contributed by atoms with E-state index in [1.54, 1.807) is 0 Å². The molecule has 0 amide bonds. The van der Waals surface area contributed by atoms with E-state index >= 15 is 0 Å². The first-order valence-corrected chi connectivity index (χ1v) is 5.33. The van der Waals surface area contributed by atoms with Crippen molar-refractivity contribution in [2.24, 2.45) is 0 Å². The van der Waals surface area contributed by atoms with Crippen molar-refractivity contribution in [1.29, 1.82) is 0 Å². The molecule has 1 aromatic rings. The smallest absolute Gasteiger partial charge is 0.0204 e. The Morgan fingerprint density at radius 2 is 2.14 bits per heavy atom. The van der Waals surface area contributed by atoms with Crippen molar-refractivity contribution in [3.05, 3.63) is 35.9 Å². The third-order valence-corrected chi connectivity index (χ3v) is 2.96. The van der Waals surface area contributed by atoms with E-state index in [9.17, 15) is 0 Å². The molecule has 0 radical (unpaired) electrons. The molecule has 0 aromatic heterocycles. The van der Waals surface area contributed by atoms with E-state index in [-0.39, 0.29) is 0 Å². The van der Waals surface area contributed by atoms with Crippen LogP contribution in [0.25, 0.3) is 0 Å². The summed E-state index contributed by atoms with van der Waals surface area (Å²) in [6.45, 7) is 1.11. The van der Waals surface area contributed by atoms with Gasteiger partial charge in [-0.3, -0.25) is 0 Å². The van der Waals surface area contributed by atoms with Gasteiger partial charge in [0.2, 0.25) is 0 Å². The molecule has 0 spiro atoms. The average Bonchev–Trinajstić information content (AvgIpc) is 2.67. The predicted molar refractivity (Wildman–Crippen MR) is 59.4 cm³/mol. The van der Waals surface area contributed by atoms with Crippen molar-refractivity contribution in [2.75, 3.05) is 13.6 Å². The molecule has 76 valence electrons. The fourth-order valence-corrected chi connectivity index (χ4v) is 2.09. The molecule has 2 unspecified atom stereocenters. The van der Waals surface area contributed by atoms with Crippen LogP contribution < -0.4 is 10.6 Å². The fraction of sp³-hybridized carbons (Fsp3) is 0.500. The van der Waals surface area contributed by atoms with Crippen LogP contribution in [0.2, 0.25) is 0 Å². The second-order valence-electron chi connectivity index (χ2n) is 4.02. The Hall–Kier alpha value is -0.860. The topological polar surface area (TPSA) is 24.1 Å². The Morgan fingerprint density at radius 3 is 2.79 bits per heavy atom. The Morgan fingerprint density at radius 1 is 1.36 bits per heavy atom. The third kappa shape index (κ3) is 2.34. The van der Waals surface area contributed by atoms with Crippen LogP contribution in [0, 0.1) is 0 Å². The largest absolute Gasteiger partial charge is 0.316 e. The molecule has 0 bridgehead atoms. The maximum Gasteiger partial charge on any atom is 0.0204 e. The monoisotopic (exact) mass is 190 g/mol. The van der Waals surface area contributed by atoms with Gasteiger partial charge in [0.1, 0.15) is 0 Å². The van der Waals surface area contributed by atoms with Gasteiger partial charge in [-0.05, 0) is 25.5 Å². The molecule has 1 saturated heterocycles. The summed E-state index contributed by atoms with van der Waals surface area (Å²) in [7, 11) is 2.04. The Balaban J connectivity index is 1.88. The highest BCUT2D eigenvalue weighted by atomic mass is 15.0. The van der Waals surface area contributed by atoms with Gasteiger partial charge >= 0.3 is 0 Å². The molecule has 14 heavy (non-hydrogen) atoms. The lowest BCUT2D eigenvalue weighted by atomic mass is 10.0. The van der Waals surface area contributed by atoms with Crippen LogP contribution >= 0.6 is 0 Å². The maximum absolute atomic E-state index is 3.54. The number of likely N-dealkylation sites (N-methyl/N-ethyl adjacent to an activating group) is 1. The third-order valence-electron chi connectivity index (χ3n) is 2.96. The molecule has 2 rings (SSSR count). The number of hydrogen-bond acceptors (Lipinski definition) is 2. The lowest BCUT2D eigenvalue weighted by molar-refractivity contribution is 0.571. The molecule has 2 nitrogen and oxygen atoms in total. The number of hydrogen-bond donors (Lipinski definition) is 2. The van der Waals surface area contributed by atoms with Gasteiger partial charge in [-0.15, -0.1) is 0 Å². The van der Waals surface area contributed by atoms with Gasteiger partial charge in [0.15, 0.2) is 0 Å². The average molecular weight is 190 g/mol. The van der Waals surface area contributed by atoms with Crippen LogP contribution in [-0.4, -0.2) is 25.7 Å². The molecule has 1 heterocycles. The standard InChI is InChI=1S/C12H18N2/c1-13-12-8-11(14-9-12)7-10-5-3-2-4-6-10/h2-6,11-14H,7-9H2,1H3. The Bertz CT molecular complexity index is 271. The summed E-state index contributed by atoms with van der Waals surface area (Å²) in [5, 5.41) is 6.86. The van der Waals surface area contributed by atoms with Gasteiger partial charge in [0.25, 0.3) is 0 Å². The second-order valence-corrected chi connectivity index (χ2v) is 4.02. The van der Waals surface area contributed by atoms with Crippen molar-refractivity contribution in [3.63, 3.8) is 0 Å². The van der Waals surface area contributed by atoms with E-state index in [2.05, 4.69) is 41.0 Å². The minimum Gasteiger partial charge on any atom is -0.316 e. The molecule has 1 aliphatic heterocycles. The van der Waals surface area contributed by atoms with Gasteiger partial charge in [-0.25, -0.2) is 0 Å². The number of rotatable bonds is 3. The zero-order valence-electron chi connectivity index (χ0n) is 8.66. The maximum atomic E-state index is 3.54. The van der Waals surface area contributed by atoms with E-state index in [0.717, 1.165) is 13.0 Å². The minimum absolute atomic E-state index is 0.648. The van der Waals surface area contributed by atoms with E-state index in [4.69, 9.17) is 0 Å². The van der Waals surface area contributed by atoms with Gasteiger partial charge in [0, 0.05) is 18.6 Å². The van der Waals surface area contributed by atoms with Gasteiger partial charge in [-0.1, -0.05) is 30.3 Å². The first-order valence-electron chi connectivity index (χ1n) is 5.33. The van der Waals surface area contributed by atoms with Gasteiger partial charge in [0.05, 0.1) is 0 Å². The summed E-state index contributed by atoms with van der Waals surface area (Å²) in [5.41, 5.74) is 1.43. The van der Waals surface area contributed by atoms with Crippen molar-refractivity contribution >= 4 is 0 Å².